The van der Waals surface area contributed by atoms with Crippen LogP contribution >= 0.6 is 15.9 Å². The molecule has 2 atom stereocenters. The second-order valence-electron chi connectivity index (χ2n) is 6.17. The van der Waals surface area contributed by atoms with Gasteiger partial charge in [-0.25, -0.2) is 9.78 Å². The minimum Gasteiger partial charge on any atom is -0.465 e. The van der Waals surface area contributed by atoms with E-state index in [0.29, 0.717) is 5.56 Å². The van der Waals surface area contributed by atoms with Crippen molar-refractivity contribution in [2.24, 2.45) is 0 Å². The van der Waals surface area contributed by atoms with Crippen LogP contribution in [0.2, 0.25) is 0 Å². The molecule has 6 nitrogen and oxygen atoms in total. The molecule has 2 unspecified atom stereocenters. The van der Waals surface area contributed by atoms with Gasteiger partial charge in [0.25, 0.3) is 0 Å². The summed E-state index contributed by atoms with van der Waals surface area (Å²) in [7, 11) is 1.37. The molecule has 1 aromatic heterocycles. The van der Waals surface area contributed by atoms with Crippen LogP contribution in [0.15, 0.2) is 22.9 Å². The highest BCUT2D eigenvalue weighted by Crippen LogP contribution is 2.26. The molecule has 0 radical (unpaired) electrons. The highest BCUT2D eigenvalue weighted by atomic mass is 79.9. The Bertz CT molecular complexity index is 731. The molecule has 1 fully saturated rings. The maximum Gasteiger partial charge on any atom is 0.337 e. The molecule has 24 heavy (non-hydrogen) atoms. The highest BCUT2D eigenvalue weighted by molar-refractivity contribution is 9.10. The third kappa shape index (κ3) is 3.63. The van der Waals surface area contributed by atoms with Gasteiger partial charge in [0.15, 0.2) is 0 Å². The van der Waals surface area contributed by atoms with Crippen LogP contribution in [0.5, 0.6) is 0 Å². The lowest BCUT2D eigenvalue weighted by Gasteiger charge is -2.29. The normalized spacial score (nSPS) is 21.1. The Morgan fingerprint density at radius 1 is 1.54 bits per heavy atom. The molecule has 1 aliphatic rings. The average molecular weight is 396 g/mol. The van der Waals surface area contributed by atoms with Crippen molar-refractivity contribution in [3.8, 4) is 0 Å². The summed E-state index contributed by atoms with van der Waals surface area (Å²) in [6.07, 6.45) is 5.35. The van der Waals surface area contributed by atoms with Crippen LogP contribution in [0.25, 0.3) is 11.0 Å². The van der Waals surface area contributed by atoms with E-state index in [-0.39, 0.29) is 18.1 Å². The Kier molecular flexibility index (Phi) is 5.53. The number of hydrogen-bond acceptors (Lipinski definition) is 5. The van der Waals surface area contributed by atoms with Crippen molar-refractivity contribution in [3.63, 3.8) is 0 Å². The van der Waals surface area contributed by atoms with E-state index in [4.69, 9.17) is 4.74 Å². The fraction of sp³-hybridized carbons (Fsp3) is 0.529. The van der Waals surface area contributed by atoms with Crippen molar-refractivity contribution in [2.45, 2.75) is 44.4 Å². The molecule has 0 bridgehead atoms. The van der Waals surface area contributed by atoms with Crippen LogP contribution in [-0.2, 0) is 11.3 Å². The number of ether oxygens (including phenoxy) is 1. The molecule has 1 aliphatic heterocycles. The van der Waals surface area contributed by atoms with Gasteiger partial charge in [-0.3, -0.25) is 0 Å². The number of aliphatic hydroxyl groups is 1. The number of halogens is 1. The number of fused-ring (bicyclic) bond motifs is 1. The van der Waals surface area contributed by atoms with Crippen molar-refractivity contribution in [2.75, 3.05) is 13.7 Å². The molecular formula is C17H22BrN3O3. The number of carbonyl (C=O) groups excluding carboxylic acids is 1. The Balaban J connectivity index is 1.70. The van der Waals surface area contributed by atoms with Crippen LogP contribution < -0.4 is 5.32 Å². The van der Waals surface area contributed by atoms with Gasteiger partial charge in [0.2, 0.25) is 0 Å². The van der Waals surface area contributed by atoms with E-state index in [2.05, 4.69) is 30.8 Å². The van der Waals surface area contributed by atoms with Crippen molar-refractivity contribution in [1.29, 1.82) is 0 Å². The van der Waals surface area contributed by atoms with E-state index in [0.717, 1.165) is 54.3 Å². The third-order valence-corrected chi connectivity index (χ3v) is 5.15. The van der Waals surface area contributed by atoms with Gasteiger partial charge in [-0.1, -0.05) is 0 Å². The van der Waals surface area contributed by atoms with E-state index in [1.54, 1.807) is 18.5 Å². The standard InChI is InChI=1S/C17H22BrN3O3/c1-24-17(23)11-8-12(18)16-14(9-11)20-10-21(16)7-3-4-13-15(22)5-2-6-19-13/h8-10,13,15,19,22H,2-7H2,1H3. The van der Waals surface area contributed by atoms with Gasteiger partial charge >= 0.3 is 5.97 Å². The zero-order valence-electron chi connectivity index (χ0n) is 13.7. The number of aromatic nitrogens is 2. The number of benzene rings is 1. The van der Waals surface area contributed by atoms with Gasteiger partial charge in [-0.2, -0.15) is 0 Å². The fourth-order valence-electron chi connectivity index (χ4n) is 3.27. The quantitative estimate of drug-likeness (QED) is 0.760. The van der Waals surface area contributed by atoms with Gasteiger partial charge in [0.05, 0.1) is 36.1 Å². The number of piperidine rings is 1. The molecule has 3 rings (SSSR count). The number of rotatable bonds is 5. The van der Waals surface area contributed by atoms with E-state index in [1.807, 2.05) is 0 Å². The number of imidazole rings is 1. The lowest BCUT2D eigenvalue weighted by molar-refractivity contribution is 0.0601. The monoisotopic (exact) mass is 395 g/mol. The first-order valence-electron chi connectivity index (χ1n) is 8.24. The molecule has 7 heteroatoms. The molecule has 1 saturated heterocycles. The van der Waals surface area contributed by atoms with Crippen LogP contribution in [0.1, 0.15) is 36.0 Å². The van der Waals surface area contributed by atoms with Gasteiger partial charge in [-0.05, 0) is 60.3 Å². The van der Waals surface area contributed by atoms with E-state index >= 15 is 0 Å². The zero-order valence-corrected chi connectivity index (χ0v) is 15.3. The fourth-order valence-corrected chi connectivity index (χ4v) is 3.95. The van der Waals surface area contributed by atoms with E-state index in [1.165, 1.54) is 7.11 Å². The highest BCUT2D eigenvalue weighted by Gasteiger charge is 2.22. The SMILES string of the molecule is COC(=O)c1cc(Br)c2c(c1)ncn2CCCC1NCCCC1O. The topological polar surface area (TPSA) is 76.4 Å². The smallest absolute Gasteiger partial charge is 0.337 e. The molecule has 2 heterocycles. The number of esters is 1. The molecule has 0 amide bonds. The largest absolute Gasteiger partial charge is 0.465 e. The van der Waals surface area contributed by atoms with Gasteiger partial charge in [0.1, 0.15) is 0 Å². The number of carbonyl (C=O) groups is 1. The minimum atomic E-state index is -0.371. The summed E-state index contributed by atoms with van der Waals surface area (Å²) in [4.78, 5) is 16.1. The first kappa shape index (κ1) is 17.4. The molecule has 2 N–H and O–H groups in total. The summed E-state index contributed by atoms with van der Waals surface area (Å²) < 4.78 is 7.67. The molecule has 130 valence electrons. The Morgan fingerprint density at radius 2 is 2.38 bits per heavy atom. The zero-order chi connectivity index (χ0) is 17.1. The number of aryl methyl sites for hydroxylation is 1. The molecule has 0 saturated carbocycles. The minimum absolute atomic E-state index is 0.183. The number of aliphatic hydroxyl groups excluding tert-OH is 1. The van der Waals surface area contributed by atoms with Crippen LogP contribution in [0, 0.1) is 0 Å². The average Bonchev–Trinajstić information content (AvgIpc) is 2.99. The molecule has 0 aliphatic carbocycles. The van der Waals surface area contributed by atoms with Crippen molar-refractivity contribution >= 4 is 32.9 Å². The summed E-state index contributed by atoms with van der Waals surface area (Å²) in [5.74, 6) is -0.371. The molecular weight excluding hydrogens is 374 g/mol. The maximum atomic E-state index is 11.7. The number of methoxy groups -OCH3 is 1. The van der Waals surface area contributed by atoms with E-state index < -0.39 is 0 Å². The van der Waals surface area contributed by atoms with Crippen molar-refractivity contribution < 1.29 is 14.6 Å². The molecule has 2 aromatic rings. The van der Waals surface area contributed by atoms with Gasteiger partial charge < -0.3 is 19.7 Å². The summed E-state index contributed by atoms with van der Waals surface area (Å²) in [6.45, 7) is 1.80. The lowest BCUT2D eigenvalue weighted by Crippen LogP contribution is -2.44. The van der Waals surface area contributed by atoms with Crippen LogP contribution in [0.4, 0.5) is 0 Å². The van der Waals surface area contributed by atoms with Crippen LogP contribution in [-0.4, -0.2) is 46.4 Å². The number of hydrogen-bond donors (Lipinski definition) is 2. The first-order chi connectivity index (χ1) is 11.6. The van der Waals surface area contributed by atoms with Gasteiger partial charge in [-0.15, -0.1) is 0 Å². The van der Waals surface area contributed by atoms with E-state index in [9.17, 15) is 9.90 Å². The van der Waals surface area contributed by atoms with Crippen molar-refractivity contribution in [3.05, 3.63) is 28.5 Å². The summed E-state index contributed by atoms with van der Waals surface area (Å²) in [5.41, 5.74) is 2.22. The van der Waals surface area contributed by atoms with Crippen LogP contribution in [0.3, 0.4) is 0 Å². The Labute approximate surface area is 149 Å². The lowest BCUT2D eigenvalue weighted by atomic mass is 9.97. The predicted molar refractivity (Wildman–Crippen MR) is 95.0 cm³/mol. The predicted octanol–water partition coefficient (Wildman–Crippen LogP) is 2.48. The number of nitrogens with zero attached hydrogens (tertiary/aromatic N) is 2. The first-order valence-corrected chi connectivity index (χ1v) is 9.03. The molecule has 0 spiro atoms. The Morgan fingerprint density at radius 3 is 3.12 bits per heavy atom. The second-order valence-corrected chi connectivity index (χ2v) is 7.02. The molecule has 1 aromatic carbocycles. The Hall–Kier alpha value is -1.44. The summed E-state index contributed by atoms with van der Waals surface area (Å²) >= 11 is 3.53. The number of nitrogens with one attached hydrogen (secondary N) is 1. The second kappa shape index (κ2) is 7.63. The summed E-state index contributed by atoms with van der Waals surface area (Å²) in [5, 5.41) is 13.4. The third-order valence-electron chi connectivity index (χ3n) is 4.55. The van der Waals surface area contributed by atoms with Crippen molar-refractivity contribution in [1.82, 2.24) is 14.9 Å². The maximum absolute atomic E-state index is 11.7. The summed E-state index contributed by atoms with van der Waals surface area (Å²) in [6, 6.07) is 3.69. The van der Waals surface area contributed by atoms with Gasteiger partial charge in [0, 0.05) is 17.1 Å².